The van der Waals surface area contributed by atoms with Gasteiger partial charge < -0.3 is 25.0 Å². The zero-order chi connectivity index (χ0) is 20.3. The number of carbonyl (C=O) groups is 2. The van der Waals surface area contributed by atoms with E-state index in [4.69, 9.17) is 14.6 Å². The van der Waals surface area contributed by atoms with Crippen molar-refractivity contribution >= 4 is 22.6 Å². The summed E-state index contributed by atoms with van der Waals surface area (Å²) in [5, 5.41) is 22.5. The number of nitrogens with one attached hydrogen (secondary N) is 1. The molecule has 28 heavy (non-hydrogen) atoms. The third kappa shape index (κ3) is 3.80. The van der Waals surface area contributed by atoms with Crippen molar-refractivity contribution in [1.82, 2.24) is 10.3 Å². The number of pyridine rings is 1. The number of rotatable bonds is 6. The number of ether oxygens (including phenoxy) is 2. The minimum absolute atomic E-state index is 0.251. The summed E-state index contributed by atoms with van der Waals surface area (Å²) in [6.07, 6.45) is 1.41. The van der Waals surface area contributed by atoms with Crippen LogP contribution in [0.1, 0.15) is 17.4 Å². The SMILES string of the molecule is COc1ccccc1Oc1ccc2c(O)c(C(=O)NC(C)C(=O)O)ncc2c1. The van der Waals surface area contributed by atoms with E-state index in [1.54, 1.807) is 37.4 Å². The van der Waals surface area contributed by atoms with Crippen LogP contribution in [0, 0.1) is 0 Å². The lowest BCUT2D eigenvalue weighted by Gasteiger charge is -2.12. The first-order valence-electron chi connectivity index (χ1n) is 8.37. The molecule has 2 aromatic carbocycles. The number of carboxylic acids is 1. The third-order valence-corrected chi connectivity index (χ3v) is 4.07. The number of hydrogen-bond acceptors (Lipinski definition) is 6. The number of benzene rings is 2. The maximum atomic E-state index is 12.2. The van der Waals surface area contributed by atoms with Crippen molar-refractivity contribution in [3.8, 4) is 23.0 Å². The van der Waals surface area contributed by atoms with Gasteiger partial charge in [0.1, 0.15) is 11.8 Å². The number of aromatic hydroxyl groups is 1. The van der Waals surface area contributed by atoms with Crippen LogP contribution >= 0.6 is 0 Å². The third-order valence-electron chi connectivity index (χ3n) is 4.07. The summed E-state index contributed by atoms with van der Waals surface area (Å²) in [5.74, 6) is -0.704. The Morgan fingerprint density at radius 1 is 1.14 bits per heavy atom. The number of para-hydroxylation sites is 2. The van der Waals surface area contributed by atoms with Crippen LogP contribution in [-0.2, 0) is 4.79 Å². The van der Waals surface area contributed by atoms with Crippen LogP contribution in [0.15, 0.2) is 48.7 Å². The summed E-state index contributed by atoms with van der Waals surface area (Å²) >= 11 is 0. The highest BCUT2D eigenvalue weighted by Gasteiger charge is 2.20. The molecule has 0 saturated heterocycles. The number of aromatic nitrogens is 1. The fourth-order valence-electron chi connectivity index (χ4n) is 2.57. The molecule has 3 aromatic rings. The lowest BCUT2D eigenvalue weighted by Crippen LogP contribution is -2.38. The molecule has 3 rings (SSSR count). The van der Waals surface area contributed by atoms with E-state index in [9.17, 15) is 14.7 Å². The maximum Gasteiger partial charge on any atom is 0.325 e. The predicted octanol–water partition coefficient (Wildman–Crippen LogP) is 2.94. The second-order valence-corrected chi connectivity index (χ2v) is 5.99. The largest absolute Gasteiger partial charge is 0.505 e. The second-order valence-electron chi connectivity index (χ2n) is 5.99. The van der Waals surface area contributed by atoms with Crippen LogP contribution < -0.4 is 14.8 Å². The van der Waals surface area contributed by atoms with Gasteiger partial charge in [-0.15, -0.1) is 0 Å². The van der Waals surface area contributed by atoms with Gasteiger partial charge in [-0.1, -0.05) is 12.1 Å². The van der Waals surface area contributed by atoms with Crippen LogP contribution in [0.3, 0.4) is 0 Å². The summed E-state index contributed by atoms with van der Waals surface area (Å²) in [7, 11) is 1.54. The number of carboxylic acid groups (broad SMARTS) is 1. The van der Waals surface area contributed by atoms with Gasteiger partial charge in [-0.05, 0) is 37.3 Å². The molecule has 1 aromatic heterocycles. The number of amides is 1. The highest BCUT2D eigenvalue weighted by molar-refractivity contribution is 6.02. The van der Waals surface area contributed by atoms with Crippen LogP contribution in [-0.4, -0.2) is 40.2 Å². The molecule has 1 atom stereocenters. The molecule has 3 N–H and O–H groups in total. The van der Waals surface area contributed by atoms with Crippen molar-refractivity contribution in [2.24, 2.45) is 0 Å². The summed E-state index contributed by atoms with van der Waals surface area (Å²) < 4.78 is 11.1. The maximum absolute atomic E-state index is 12.2. The van der Waals surface area contributed by atoms with Crippen LogP contribution in [0.5, 0.6) is 23.0 Å². The first-order valence-corrected chi connectivity index (χ1v) is 8.37. The molecule has 1 amide bonds. The van der Waals surface area contributed by atoms with Gasteiger partial charge in [0.2, 0.25) is 0 Å². The normalized spacial score (nSPS) is 11.6. The van der Waals surface area contributed by atoms with E-state index in [1.807, 2.05) is 12.1 Å². The van der Waals surface area contributed by atoms with Gasteiger partial charge in [0.25, 0.3) is 5.91 Å². The Hall–Kier alpha value is -3.81. The molecule has 8 nitrogen and oxygen atoms in total. The molecule has 0 aliphatic heterocycles. The number of aliphatic carboxylic acids is 1. The van der Waals surface area contributed by atoms with E-state index in [0.717, 1.165) is 0 Å². The number of methoxy groups -OCH3 is 1. The van der Waals surface area contributed by atoms with Gasteiger partial charge in [0.05, 0.1) is 7.11 Å². The average molecular weight is 382 g/mol. The molecule has 0 saturated carbocycles. The fraction of sp³-hybridized carbons (Fsp3) is 0.150. The van der Waals surface area contributed by atoms with Gasteiger partial charge in [-0.3, -0.25) is 9.59 Å². The van der Waals surface area contributed by atoms with Crippen molar-refractivity contribution < 1.29 is 29.3 Å². The van der Waals surface area contributed by atoms with Crippen molar-refractivity contribution in [3.63, 3.8) is 0 Å². The van der Waals surface area contributed by atoms with Crippen LogP contribution in [0.25, 0.3) is 10.8 Å². The fourth-order valence-corrected chi connectivity index (χ4v) is 2.57. The van der Waals surface area contributed by atoms with Gasteiger partial charge in [-0.25, -0.2) is 4.98 Å². The Balaban J connectivity index is 1.90. The lowest BCUT2D eigenvalue weighted by molar-refractivity contribution is -0.138. The number of nitrogens with zero attached hydrogens (tertiary/aromatic N) is 1. The molecule has 1 heterocycles. The number of fused-ring (bicyclic) bond motifs is 1. The predicted molar refractivity (Wildman–Crippen MR) is 101 cm³/mol. The smallest absolute Gasteiger partial charge is 0.325 e. The molecule has 0 bridgehead atoms. The molecule has 0 spiro atoms. The quantitative estimate of drug-likeness (QED) is 0.600. The van der Waals surface area contributed by atoms with E-state index in [-0.39, 0.29) is 11.4 Å². The summed E-state index contributed by atoms with van der Waals surface area (Å²) in [6.45, 7) is 1.32. The van der Waals surface area contributed by atoms with Gasteiger partial charge >= 0.3 is 5.97 Å². The minimum atomic E-state index is -1.19. The molecule has 8 heteroatoms. The highest BCUT2D eigenvalue weighted by Crippen LogP contribution is 2.34. The molecule has 0 aliphatic carbocycles. The van der Waals surface area contributed by atoms with Gasteiger partial charge in [-0.2, -0.15) is 0 Å². The van der Waals surface area contributed by atoms with Gasteiger partial charge in [0.15, 0.2) is 22.9 Å². The average Bonchev–Trinajstić information content (AvgIpc) is 2.68. The first-order chi connectivity index (χ1) is 13.4. The van der Waals surface area contributed by atoms with Crippen LogP contribution in [0.2, 0.25) is 0 Å². The lowest BCUT2D eigenvalue weighted by atomic mass is 10.1. The van der Waals surface area contributed by atoms with E-state index < -0.39 is 17.9 Å². The summed E-state index contributed by atoms with van der Waals surface area (Å²) in [6, 6.07) is 10.9. The summed E-state index contributed by atoms with van der Waals surface area (Å²) in [4.78, 5) is 27.0. The molecule has 0 radical (unpaired) electrons. The standard InChI is InChI=1S/C20H18N2O6/c1-11(20(25)26)22-19(24)17-18(23)14-8-7-13(9-12(14)10-21-17)28-16-6-4-3-5-15(16)27-2/h3-11,23H,1-2H3,(H,22,24)(H,25,26). The Kier molecular flexibility index (Phi) is 5.30. The first kappa shape index (κ1) is 19.0. The molecule has 1 unspecified atom stereocenters. The van der Waals surface area contributed by atoms with E-state index >= 15 is 0 Å². The topological polar surface area (TPSA) is 118 Å². The zero-order valence-electron chi connectivity index (χ0n) is 15.2. The van der Waals surface area contributed by atoms with Crippen molar-refractivity contribution in [2.75, 3.05) is 7.11 Å². The van der Waals surface area contributed by atoms with Crippen molar-refractivity contribution in [2.45, 2.75) is 13.0 Å². The van der Waals surface area contributed by atoms with E-state index in [1.165, 1.54) is 13.1 Å². The minimum Gasteiger partial charge on any atom is -0.505 e. The number of hydrogen-bond donors (Lipinski definition) is 3. The Morgan fingerprint density at radius 2 is 1.86 bits per heavy atom. The highest BCUT2D eigenvalue weighted by atomic mass is 16.5. The molecule has 0 aliphatic rings. The van der Waals surface area contributed by atoms with Crippen molar-refractivity contribution in [3.05, 3.63) is 54.4 Å². The molecular weight excluding hydrogens is 364 g/mol. The van der Waals surface area contributed by atoms with Gasteiger partial charge in [0, 0.05) is 17.0 Å². The Morgan fingerprint density at radius 3 is 2.54 bits per heavy atom. The Labute approximate surface area is 160 Å². The molecule has 0 fully saturated rings. The molecule has 144 valence electrons. The second kappa shape index (κ2) is 7.83. The van der Waals surface area contributed by atoms with Crippen LogP contribution in [0.4, 0.5) is 0 Å². The van der Waals surface area contributed by atoms with E-state index in [0.29, 0.717) is 28.0 Å². The number of carbonyl (C=O) groups excluding carboxylic acids is 1. The van der Waals surface area contributed by atoms with Crippen molar-refractivity contribution in [1.29, 1.82) is 0 Å². The molecular formula is C20H18N2O6. The summed E-state index contributed by atoms with van der Waals surface area (Å²) in [5.41, 5.74) is -0.251. The monoisotopic (exact) mass is 382 g/mol. The zero-order valence-corrected chi connectivity index (χ0v) is 15.2. The Bertz CT molecular complexity index is 1050. The van der Waals surface area contributed by atoms with E-state index in [2.05, 4.69) is 10.3 Å².